The van der Waals surface area contributed by atoms with E-state index in [0.717, 1.165) is 12.1 Å². The van der Waals surface area contributed by atoms with Crippen LogP contribution < -0.4 is 20.1 Å². The van der Waals surface area contributed by atoms with Gasteiger partial charge in [-0.25, -0.2) is 4.98 Å². The number of amides is 1. The van der Waals surface area contributed by atoms with Crippen LogP contribution in [0.1, 0.15) is 22.8 Å². The van der Waals surface area contributed by atoms with E-state index in [-0.39, 0.29) is 5.91 Å². The average Bonchev–Trinajstić information content (AvgIpc) is 2.74. The van der Waals surface area contributed by atoms with Gasteiger partial charge in [0.2, 0.25) is 0 Å². The van der Waals surface area contributed by atoms with Crippen molar-refractivity contribution in [3.8, 4) is 11.5 Å². The number of carbonyl (C=O) groups excluding carboxylic acids is 1. The summed E-state index contributed by atoms with van der Waals surface area (Å²) in [5.41, 5.74) is 3.23. The summed E-state index contributed by atoms with van der Waals surface area (Å²) < 4.78 is 10.5. The van der Waals surface area contributed by atoms with E-state index in [1.807, 2.05) is 18.2 Å². The lowest BCUT2D eigenvalue weighted by Crippen LogP contribution is -2.13. The van der Waals surface area contributed by atoms with Crippen LogP contribution >= 0.6 is 0 Å². The Kier molecular flexibility index (Phi) is 6.11. The van der Waals surface area contributed by atoms with Gasteiger partial charge in [-0.3, -0.25) is 4.79 Å². The van der Waals surface area contributed by atoms with Gasteiger partial charge in [-0.15, -0.1) is 0 Å². The molecule has 6 nitrogen and oxygen atoms in total. The number of aryl methyl sites for hydroxylation is 1. The number of ether oxygens (including phenoxy) is 2. The Morgan fingerprint density at radius 2 is 1.82 bits per heavy atom. The normalized spacial score (nSPS) is 10.2. The third-order valence-electron chi connectivity index (χ3n) is 4.34. The summed E-state index contributed by atoms with van der Waals surface area (Å²) in [6, 6.07) is 16.8. The topological polar surface area (TPSA) is 72.5 Å². The highest BCUT2D eigenvalue weighted by atomic mass is 16.5. The Labute approximate surface area is 164 Å². The number of nitrogens with zero attached hydrogens (tertiary/aromatic N) is 1. The van der Waals surface area contributed by atoms with Crippen molar-refractivity contribution in [3.63, 3.8) is 0 Å². The maximum atomic E-state index is 12.5. The number of aromatic nitrogens is 1. The molecule has 0 fully saturated rings. The number of nitrogens with one attached hydrogen (secondary N) is 2. The van der Waals surface area contributed by atoms with Crippen LogP contribution in [0.3, 0.4) is 0 Å². The molecule has 0 aliphatic carbocycles. The van der Waals surface area contributed by atoms with E-state index in [1.54, 1.807) is 50.7 Å². The van der Waals surface area contributed by atoms with Crippen LogP contribution in [-0.4, -0.2) is 25.1 Å². The number of rotatable bonds is 7. The van der Waals surface area contributed by atoms with Crippen molar-refractivity contribution in [2.24, 2.45) is 0 Å². The van der Waals surface area contributed by atoms with Crippen LogP contribution in [0.25, 0.3) is 0 Å². The monoisotopic (exact) mass is 377 g/mol. The lowest BCUT2D eigenvalue weighted by Gasteiger charge is -2.12. The van der Waals surface area contributed by atoms with Crippen molar-refractivity contribution < 1.29 is 14.3 Å². The van der Waals surface area contributed by atoms with E-state index in [1.165, 1.54) is 5.56 Å². The maximum absolute atomic E-state index is 12.5. The van der Waals surface area contributed by atoms with Crippen LogP contribution in [0.5, 0.6) is 11.5 Å². The number of anilines is 3. The summed E-state index contributed by atoms with van der Waals surface area (Å²) in [4.78, 5) is 16.9. The Hall–Kier alpha value is -3.54. The van der Waals surface area contributed by atoms with Crippen LogP contribution in [0, 0.1) is 0 Å². The largest absolute Gasteiger partial charge is 0.497 e. The van der Waals surface area contributed by atoms with Gasteiger partial charge in [0.05, 0.1) is 25.5 Å². The first-order chi connectivity index (χ1) is 13.6. The zero-order valence-electron chi connectivity index (χ0n) is 16.2. The Balaban J connectivity index is 1.72. The standard InChI is InChI=1S/C22H23N3O3/c1-4-15-7-5-6-8-18(15)24-21-12-9-16(14-23-21)22(26)25-19-11-10-17(27-2)13-20(19)28-3/h5-14H,4H2,1-3H3,(H,23,24)(H,25,26). The van der Waals surface area contributed by atoms with E-state index < -0.39 is 0 Å². The molecule has 1 amide bonds. The highest BCUT2D eigenvalue weighted by Crippen LogP contribution is 2.29. The van der Waals surface area contributed by atoms with E-state index in [9.17, 15) is 4.79 Å². The highest BCUT2D eigenvalue weighted by molar-refractivity contribution is 6.05. The zero-order chi connectivity index (χ0) is 19.9. The molecular weight excluding hydrogens is 354 g/mol. The van der Waals surface area contributed by atoms with Crippen molar-refractivity contribution >= 4 is 23.1 Å². The molecule has 2 aromatic carbocycles. The van der Waals surface area contributed by atoms with Gasteiger partial charge in [0.25, 0.3) is 5.91 Å². The summed E-state index contributed by atoms with van der Waals surface area (Å²) in [7, 11) is 3.12. The van der Waals surface area contributed by atoms with Crippen molar-refractivity contribution in [1.29, 1.82) is 0 Å². The second kappa shape index (κ2) is 8.90. The van der Waals surface area contributed by atoms with Gasteiger partial charge in [0.15, 0.2) is 0 Å². The van der Waals surface area contributed by atoms with E-state index >= 15 is 0 Å². The highest BCUT2D eigenvalue weighted by Gasteiger charge is 2.11. The van der Waals surface area contributed by atoms with Gasteiger partial charge < -0.3 is 20.1 Å². The molecule has 0 saturated carbocycles. The molecule has 0 bridgehead atoms. The minimum atomic E-state index is -0.267. The number of carbonyl (C=O) groups is 1. The maximum Gasteiger partial charge on any atom is 0.257 e. The number of benzene rings is 2. The Morgan fingerprint density at radius 3 is 2.50 bits per heavy atom. The first kappa shape index (κ1) is 19.2. The molecule has 2 N–H and O–H groups in total. The van der Waals surface area contributed by atoms with E-state index in [0.29, 0.717) is 28.6 Å². The molecular formula is C22H23N3O3. The van der Waals surface area contributed by atoms with Gasteiger partial charge in [-0.05, 0) is 42.3 Å². The molecule has 1 heterocycles. The van der Waals surface area contributed by atoms with Crippen molar-refractivity contribution in [1.82, 2.24) is 4.98 Å². The molecule has 0 radical (unpaired) electrons. The van der Waals surface area contributed by atoms with Crippen LogP contribution in [0.2, 0.25) is 0 Å². The van der Waals surface area contributed by atoms with Gasteiger partial charge in [-0.2, -0.15) is 0 Å². The number of methoxy groups -OCH3 is 2. The minimum absolute atomic E-state index is 0.267. The Bertz CT molecular complexity index is 955. The molecule has 0 aliphatic rings. The number of hydrogen-bond donors (Lipinski definition) is 2. The van der Waals surface area contributed by atoms with Crippen molar-refractivity contribution in [2.75, 3.05) is 24.9 Å². The lowest BCUT2D eigenvalue weighted by atomic mass is 10.1. The smallest absolute Gasteiger partial charge is 0.257 e. The Morgan fingerprint density at radius 1 is 1.00 bits per heavy atom. The SMILES string of the molecule is CCc1ccccc1Nc1ccc(C(=O)Nc2ccc(OC)cc2OC)cn1. The van der Waals surface area contributed by atoms with E-state index in [4.69, 9.17) is 9.47 Å². The van der Waals surface area contributed by atoms with Crippen LogP contribution in [0.4, 0.5) is 17.2 Å². The summed E-state index contributed by atoms with van der Waals surface area (Å²) >= 11 is 0. The summed E-state index contributed by atoms with van der Waals surface area (Å²) in [5, 5.41) is 6.13. The number of para-hydroxylation sites is 1. The molecule has 144 valence electrons. The van der Waals surface area contributed by atoms with Gasteiger partial charge >= 0.3 is 0 Å². The minimum Gasteiger partial charge on any atom is -0.497 e. The molecule has 6 heteroatoms. The van der Waals surface area contributed by atoms with Gasteiger partial charge in [0.1, 0.15) is 17.3 Å². The van der Waals surface area contributed by atoms with E-state index in [2.05, 4.69) is 28.6 Å². The second-order valence-corrected chi connectivity index (χ2v) is 6.09. The molecule has 28 heavy (non-hydrogen) atoms. The van der Waals surface area contributed by atoms with Crippen LogP contribution in [0.15, 0.2) is 60.8 Å². The molecule has 1 aromatic heterocycles. The third-order valence-corrected chi connectivity index (χ3v) is 4.34. The average molecular weight is 377 g/mol. The summed E-state index contributed by atoms with van der Waals surface area (Å²) in [6.45, 7) is 2.11. The van der Waals surface area contributed by atoms with Gasteiger partial charge in [0, 0.05) is 18.0 Å². The zero-order valence-corrected chi connectivity index (χ0v) is 16.2. The third kappa shape index (κ3) is 4.40. The molecule has 0 saturated heterocycles. The second-order valence-electron chi connectivity index (χ2n) is 6.09. The van der Waals surface area contributed by atoms with Crippen molar-refractivity contribution in [2.45, 2.75) is 13.3 Å². The van der Waals surface area contributed by atoms with Gasteiger partial charge in [-0.1, -0.05) is 25.1 Å². The molecule has 0 unspecified atom stereocenters. The fraction of sp³-hybridized carbons (Fsp3) is 0.182. The lowest BCUT2D eigenvalue weighted by molar-refractivity contribution is 0.102. The molecule has 0 atom stereocenters. The summed E-state index contributed by atoms with van der Waals surface area (Å²) in [6.07, 6.45) is 2.47. The molecule has 0 aliphatic heterocycles. The number of hydrogen-bond acceptors (Lipinski definition) is 5. The predicted octanol–water partition coefficient (Wildman–Crippen LogP) is 4.66. The summed E-state index contributed by atoms with van der Waals surface area (Å²) in [5.74, 6) is 1.59. The van der Waals surface area contributed by atoms with Crippen molar-refractivity contribution in [3.05, 3.63) is 71.9 Å². The van der Waals surface area contributed by atoms with Crippen LogP contribution in [-0.2, 0) is 6.42 Å². The molecule has 0 spiro atoms. The fourth-order valence-corrected chi connectivity index (χ4v) is 2.79. The predicted molar refractivity (Wildman–Crippen MR) is 111 cm³/mol. The molecule has 3 rings (SSSR count). The fourth-order valence-electron chi connectivity index (χ4n) is 2.79. The first-order valence-electron chi connectivity index (χ1n) is 8.99. The quantitative estimate of drug-likeness (QED) is 0.627. The molecule has 3 aromatic rings. The number of pyridine rings is 1. The first-order valence-corrected chi connectivity index (χ1v) is 8.99.